The number of rotatable bonds is 4. The zero-order chi connectivity index (χ0) is 19.9. The van der Waals surface area contributed by atoms with Gasteiger partial charge in [0.25, 0.3) is 0 Å². The summed E-state index contributed by atoms with van der Waals surface area (Å²) >= 11 is 0. The van der Waals surface area contributed by atoms with Gasteiger partial charge in [-0.2, -0.15) is 0 Å². The Morgan fingerprint density at radius 1 is 1.18 bits per heavy atom. The number of fused-ring (bicyclic) bond motifs is 1. The van der Waals surface area contributed by atoms with Gasteiger partial charge in [-0.1, -0.05) is 12.1 Å². The van der Waals surface area contributed by atoms with Crippen molar-refractivity contribution in [1.82, 2.24) is 19.4 Å². The average Bonchev–Trinajstić information content (AvgIpc) is 3.23. The molecule has 28 heavy (non-hydrogen) atoms. The monoisotopic (exact) mass is 382 g/mol. The number of nitrogens with zero attached hydrogens (tertiary/aromatic N) is 4. The quantitative estimate of drug-likeness (QED) is 0.816. The van der Waals surface area contributed by atoms with Crippen LogP contribution in [0.2, 0.25) is 0 Å². The molecule has 2 amide bonds. The van der Waals surface area contributed by atoms with Gasteiger partial charge in [0, 0.05) is 32.1 Å². The second kappa shape index (κ2) is 7.22. The van der Waals surface area contributed by atoms with Gasteiger partial charge in [0.05, 0.1) is 11.0 Å². The SMILES string of the molecule is Cc1nc2ccccc2n1CCC(=O)N1CCCC12CCCN(C(C)C)C2=O. The number of amides is 2. The molecule has 1 unspecified atom stereocenters. The van der Waals surface area contributed by atoms with Gasteiger partial charge in [-0.25, -0.2) is 4.98 Å². The molecule has 2 saturated heterocycles. The van der Waals surface area contributed by atoms with E-state index >= 15 is 0 Å². The van der Waals surface area contributed by atoms with Gasteiger partial charge in [-0.05, 0) is 58.6 Å². The third-order valence-corrected chi connectivity index (χ3v) is 6.46. The van der Waals surface area contributed by atoms with Gasteiger partial charge < -0.3 is 14.4 Å². The fraction of sp³-hybridized carbons (Fsp3) is 0.591. The topological polar surface area (TPSA) is 58.4 Å². The van der Waals surface area contributed by atoms with Crippen LogP contribution in [0.25, 0.3) is 11.0 Å². The van der Waals surface area contributed by atoms with Gasteiger partial charge in [-0.3, -0.25) is 9.59 Å². The zero-order valence-corrected chi connectivity index (χ0v) is 17.1. The number of imidazole rings is 1. The van der Waals surface area contributed by atoms with Crippen molar-refractivity contribution in [3.05, 3.63) is 30.1 Å². The van der Waals surface area contributed by atoms with Crippen LogP contribution in [-0.2, 0) is 16.1 Å². The average molecular weight is 383 g/mol. The Balaban J connectivity index is 1.52. The highest BCUT2D eigenvalue weighted by Crippen LogP contribution is 2.39. The van der Waals surface area contributed by atoms with E-state index in [0.717, 1.165) is 49.1 Å². The maximum atomic E-state index is 13.3. The van der Waals surface area contributed by atoms with Crippen LogP contribution in [0, 0.1) is 6.92 Å². The Bertz CT molecular complexity index is 903. The van der Waals surface area contributed by atoms with Gasteiger partial charge in [0.15, 0.2) is 0 Å². The molecule has 0 N–H and O–H groups in total. The second-order valence-electron chi connectivity index (χ2n) is 8.43. The lowest BCUT2D eigenvalue weighted by molar-refractivity contribution is -0.157. The molecule has 6 heteroatoms. The first-order valence-electron chi connectivity index (χ1n) is 10.5. The number of benzene rings is 1. The fourth-order valence-electron chi connectivity index (χ4n) is 5.06. The Morgan fingerprint density at radius 3 is 2.64 bits per heavy atom. The van der Waals surface area contributed by atoms with E-state index in [4.69, 9.17) is 0 Å². The number of hydrogen-bond donors (Lipinski definition) is 0. The number of piperidine rings is 1. The smallest absolute Gasteiger partial charge is 0.248 e. The van der Waals surface area contributed by atoms with E-state index in [9.17, 15) is 9.59 Å². The molecule has 6 nitrogen and oxygen atoms in total. The summed E-state index contributed by atoms with van der Waals surface area (Å²) in [5.74, 6) is 1.17. The third-order valence-electron chi connectivity index (χ3n) is 6.46. The molecule has 1 atom stereocenters. The minimum absolute atomic E-state index is 0.0913. The fourth-order valence-corrected chi connectivity index (χ4v) is 5.06. The summed E-state index contributed by atoms with van der Waals surface area (Å²) in [7, 11) is 0. The molecule has 2 aromatic rings. The predicted molar refractivity (Wildman–Crippen MR) is 109 cm³/mol. The van der Waals surface area contributed by atoms with E-state index < -0.39 is 5.54 Å². The van der Waals surface area contributed by atoms with E-state index in [1.807, 2.05) is 41.0 Å². The Morgan fingerprint density at radius 2 is 1.89 bits per heavy atom. The molecule has 1 spiro atoms. The molecular formula is C22H30N4O2. The highest BCUT2D eigenvalue weighted by molar-refractivity contribution is 5.93. The number of likely N-dealkylation sites (tertiary alicyclic amines) is 2. The van der Waals surface area contributed by atoms with Gasteiger partial charge in [-0.15, -0.1) is 0 Å². The third kappa shape index (κ3) is 2.99. The number of carbonyl (C=O) groups is 2. The van der Waals surface area contributed by atoms with Crippen LogP contribution >= 0.6 is 0 Å². The molecule has 0 radical (unpaired) electrons. The molecule has 0 bridgehead atoms. The Kier molecular flexibility index (Phi) is 4.89. The van der Waals surface area contributed by atoms with E-state index in [1.54, 1.807) is 0 Å². The van der Waals surface area contributed by atoms with Crippen molar-refractivity contribution in [1.29, 1.82) is 0 Å². The van der Waals surface area contributed by atoms with Gasteiger partial charge in [0.1, 0.15) is 11.4 Å². The summed E-state index contributed by atoms with van der Waals surface area (Å²) in [6, 6.07) is 8.20. The van der Waals surface area contributed by atoms with E-state index in [2.05, 4.69) is 23.4 Å². The lowest BCUT2D eigenvalue weighted by Crippen LogP contribution is -2.62. The van der Waals surface area contributed by atoms with Crippen LogP contribution in [0.3, 0.4) is 0 Å². The molecule has 0 aliphatic carbocycles. The number of aromatic nitrogens is 2. The van der Waals surface area contributed by atoms with Crippen molar-refractivity contribution in [2.45, 2.75) is 71.0 Å². The van der Waals surface area contributed by atoms with Crippen LogP contribution < -0.4 is 0 Å². The first-order chi connectivity index (χ1) is 13.4. The molecular weight excluding hydrogens is 352 g/mol. The van der Waals surface area contributed by atoms with Gasteiger partial charge in [0.2, 0.25) is 11.8 Å². The summed E-state index contributed by atoms with van der Waals surface area (Å²) in [4.78, 5) is 34.9. The van der Waals surface area contributed by atoms with Crippen LogP contribution in [0.4, 0.5) is 0 Å². The van der Waals surface area contributed by atoms with Crippen molar-refractivity contribution in [3.8, 4) is 0 Å². The lowest BCUT2D eigenvalue weighted by Gasteiger charge is -2.46. The Hall–Kier alpha value is -2.37. The zero-order valence-electron chi connectivity index (χ0n) is 17.1. The van der Waals surface area contributed by atoms with Crippen LogP contribution in [0.15, 0.2) is 24.3 Å². The van der Waals surface area contributed by atoms with Crippen LogP contribution in [0.5, 0.6) is 0 Å². The standard InChI is InChI=1S/C22H30N4O2/c1-16(2)24-13-6-11-22(21(24)28)12-7-14-26(22)20(27)10-15-25-17(3)23-18-8-4-5-9-19(18)25/h4-5,8-9,16H,6-7,10-15H2,1-3H3. The van der Waals surface area contributed by atoms with Crippen molar-refractivity contribution in [3.63, 3.8) is 0 Å². The summed E-state index contributed by atoms with van der Waals surface area (Å²) in [5.41, 5.74) is 1.41. The largest absolute Gasteiger partial charge is 0.338 e. The minimum Gasteiger partial charge on any atom is -0.338 e. The van der Waals surface area contributed by atoms with Crippen molar-refractivity contribution in [2.75, 3.05) is 13.1 Å². The van der Waals surface area contributed by atoms with Crippen LogP contribution in [0.1, 0.15) is 51.8 Å². The first kappa shape index (κ1) is 19.0. The van der Waals surface area contributed by atoms with Crippen molar-refractivity contribution < 1.29 is 9.59 Å². The molecule has 0 saturated carbocycles. The summed E-state index contributed by atoms with van der Waals surface area (Å²) < 4.78 is 2.11. The van der Waals surface area contributed by atoms with Crippen molar-refractivity contribution in [2.24, 2.45) is 0 Å². The molecule has 2 aliphatic rings. The number of aryl methyl sites for hydroxylation is 2. The number of hydrogen-bond acceptors (Lipinski definition) is 3. The summed E-state index contributed by atoms with van der Waals surface area (Å²) in [6.45, 7) is 8.20. The minimum atomic E-state index is -0.606. The van der Waals surface area contributed by atoms with E-state index in [1.165, 1.54) is 0 Å². The molecule has 3 heterocycles. The number of carbonyl (C=O) groups excluding carboxylic acids is 2. The van der Waals surface area contributed by atoms with Crippen LogP contribution in [-0.4, -0.2) is 55.8 Å². The maximum absolute atomic E-state index is 13.3. The summed E-state index contributed by atoms with van der Waals surface area (Å²) in [5, 5.41) is 0. The second-order valence-corrected chi connectivity index (χ2v) is 8.43. The molecule has 2 fully saturated rings. The maximum Gasteiger partial charge on any atom is 0.248 e. The lowest BCUT2D eigenvalue weighted by atomic mass is 9.84. The molecule has 1 aromatic carbocycles. The highest BCUT2D eigenvalue weighted by atomic mass is 16.2. The molecule has 1 aromatic heterocycles. The van der Waals surface area contributed by atoms with E-state index in [0.29, 0.717) is 19.5 Å². The first-order valence-corrected chi connectivity index (χ1v) is 10.5. The van der Waals surface area contributed by atoms with Crippen molar-refractivity contribution >= 4 is 22.8 Å². The molecule has 2 aliphatic heterocycles. The molecule has 150 valence electrons. The predicted octanol–water partition coefficient (Wildman–Crippen LogP) is 3.13. The summed E-state index contributed by atoms with van der Waals surface area (Å²) in [6.07, 6.45) is 3.88. The highest BCUT2D eigenvalue weighted by Gasteiger charge is 2.52. The van der Waals surface area contributed by atoms with Gasteiger partial charge >= 0.3 is 0 Å². The molecule has 4 rings (SSSR count). The normalized spacial score (nSPS) is 22.8. The van der Waals surface area contributed by atoms with E-state index in [-0.39, 0.29) is 17.9 Å². The number of para-hydroxylation sites is 2. The Labute approximate surface area is 166 Å².